The Morgan fingerprint density at radius 2 is 2.12 bits per heavy atom. The largest absolute Gasteiger partial charge is 0.416 e. The number of halogens is 3. The van der Waals surface area contributed by atoms with E-state index in [0.717, 1.165) is 24.6 Å². The molecule has 26 heavy (non-hydrogen) atoms. The number of aromatic nitrogens is 2. The molecule has 0 saturated carbocycles. The number of nitrogens with one attached hydrogen (secondary N) is 1. The molecule has 1 fully saturated rings. The molecule has 3 rings (SSSR count). The zero-order chi connectivity index (χ0) is 18.7. The van der Waals surface area contributed by atoms with Gasteiger partial charge in [-0.3, -0.25) is 9.89 Å². The number of likely N-dealkylation sites (tertiary alicyclic amines) is 1. The summed E-state index contributed by atoms with van der Waals surface area (Å²) in [4.78, 5) is 14.3. The summed E-state index contributed by atoms with van der Waals surface area (Å²) in [5, 5.41) is 6.77. The van der Waals surface area contributed by atoms with Crippen LogP contribution in [0.25, 0.3) is 0 Å². The third-order valence-electron chi connectivity index (χ3n) is 4.88. The Labute approximate surface area is 150 Å². The Balaban J connectivity index is 1.62. The summed E-state index contributed by atoms with van der Waals surface area (Å²) >= 11 is 0. The summed E-state index contributed by atoms with van der Waals surface area (Å²) in [6.45, 7) is 3.07. The van der Waals surface area contributed by atoms with Crippen molar-refractivity contribution in [3.8, 4) is 0 Å². The number of aryl methyl sites for hydroxylation is 2. The molecular weight excluding hydrogens is 343 g/mol. The lowest BCUT2D eigenvalue weighted by atomic mass is 9.90. The van der Waals surface area contributed by atoms with Gasteiger partial charge < -0.3 is 4.90 Å². The average molecular weight is 365 g/mol. The van der Waals surface area contributed by atoms with Crippen LogP contribution < -0.4 is 0 Å². The summed E-state index contributed by atoms with van der Waals surface area (Å²) in [6.07, 6.45) is -1.54. The number of hydrogen-bond acceptors (Lipinski definition) is 2. The quantitative estimate of drug-likeness (QED) is 0.882. The van der Waals surface area contributed by atoms with Crippen molar-refractivity contribution in [2.45, 2.75) is 38.8 Å². The van der Waals surface area contributed by atoms with Gasteiger partial charge in [0.1, 0.15) is 5.69 Å². The second-order valence-electron chi connectivity index (χ2n) is 6.89. The number of piperidine rings is 1. The van der Waals surface area contributed by atoms with Crippen LogP contribution in [0.15, 0.2) is 30.3 Å². The predicted octanol–water partition coefficient (Wildman–Crippen LogP) is 4.22. The van der Waals surface area contributed by atoms with Crippen LogP contribution in [-0.4, -0.2) is 34.1 Å². The van der Waals surface area contributed by atoms with Crippen LogP contribution in [-0.2, 0) is 12.6 Å². The molecule has 0 bridgehead atoms. The van der Waals surface area contributed by atoms with E-state index in [-0.39, 0.29) is 11.8 Å². The first kappa shape index (κ1) is 18.5. The number of carbonyl (C=O) groups is 1. The Morgan fingerprint density at radius 3 is 2.81 bits per heavy atom. The van der Waals surface area contributed by atoms with Gasteiger partial charge in [0.15, 0.2) is 0 Å². The number of H-pyrrole nitrogens is 1. The molecule has 1 aromatic carbocycles. The van der Waals surface area contributed by atoms with Crippen LogP contribution in [0.3, 0.4) is 0 Å². The highest BCUT2D eigenvalue weighted by Crippen LogP contribution is 2.33. The number of nitrogens with zero attached hydrogens (tertiary/aromatic N) is 2. The normalized spacial score (nSPS) is 18.2. The molecule has 0 aliphatic carbocycles. The minimum absolute atomic E-state index is 0.116. The highest BCUT2D eigenvalue weighted by atomic mass is 19.4. The second kappa shape index (κ2) is 7.51. The van der Waals surface area contributed by atoms with Gasteiger partial charge in [-0.15, -0.1) is 0 Å². The van der Waals surface area contributed by atoms with Crippen molar-refractivity contribution in [2.75, 3.05) is 13.1 Å². The van der Waals surface area contributed by atoms with Gasteiger partial charge in [0, 0.05) is 18.8 Å². The SMILES string of the molecule is Cc1cc(C(=O)N2CCC[C@@H](CCc3ccccc3C(F)(F)F)C2)n[nH]1. The highest BCUT2D eigenvalue weighted by Gasteiger charge is 2.33. The van der Waals surface area contributed by atoms with E-state index in [1.807, 2.05) is 6.92 Å². The van der Waals surface area contributed by atoms with Crippen molar-refractivity contribution in [1.82, 2.24) is 15.1 Å². The molecule has 0 radical (unpaired) electrons. The summed E-state index contributed by atoms with van der Waals surface area (Å²) in [5.41, 5.74) is 0.985. The van der Waals surface area contributed by atoms with Crippen LogP contribution >= 0.6 is 0 Å². The number of carbonyl (C=O) groups excluding carboxylic acids is 1. The standard InChI is InChI=1S/C19H22F3N3O/c1-13-11-17(24-23-13)18(26)25-10-4-5-14(12-25)8-9-15-6-2-3-7-16(15)19(20,21)22/h2-3,6-7,11,14H,4-5,8-10,12H2,1H3,(H,23,24)/t14-/m0/s1. The maximum absolute atomic E-state index is 13.1. The molecule has 1 atom stereocenters. The van der Waals surface area contributed by atoms with E-state index in [1.165, 1.54) is 6.07 Å². The van der Waals surface area contributed by atoms with E-state index in [0.29, 0.717) is 37.2 Å². The van der Waals surface area contributed by atoms with Crippen LogP contribution in [0.5, 0.6) is 0 Å². The molecule has 0 spiro atoms. The molecule has 140 valence electrons. The molecule has 1 aliphatic heterocycles. The molecule has 2 aromatic rings. The maximum atomic E-state index is 13.1. The number of benzene rings is 1. The van der Waals surface area contributed by atoms with Crippen LogP contribution in [0.2, 0.25) is 0 Å². The van der Waals surface area contributed by atoms with Crippen molar-refractivity contribution in [2.24, 2.45) is 5.92 Å². The Bertz CT molecular complexity index is 769. The van der Waals surface area contributed by atoms with Crippen LogP contribution in [0, 0.1) is 12.8 Å². The van der Waals surface area contributed by atoms with Crippen LogP contribution in [0.4, 0.5) is 13.2 Å². The van der Waals surface area contributed by atoms with Gasteiger partial charge in [-0.05, 0) is 56.2 Å². The van der Waals surface area contributed by atoms with Crippen LogP contribution in [0.1, 0.15) is 46.6 Å². The van der Waals surface area contributed by atoms with Gasteiger partial charge in [0.25, 0.3) is 5.91 Å². The fraction of sp³-hybridized carbons (Fsp3) is 0.474. The molecule has 1 amide bonds. The Kier molecular flexibility index (Phi) is 5.34. The van der Waals surface area contributed by atoms with Crippen molar-refractivity contribution >= 4 is 5.91 Å². The molecule has 1 saturated heterocycles. The zero-order valence-corrected chi connectivity index (χ0v) is 14.6. The summed E-state index contributed by atoms with van der Waals surface area (Å²) in [6, 6.07) is 7.44. The second-order valence-corrected chi connectivity index (χ2v) is 6.89. The van der Waals surface area contributed by atoms with E-state index in [4.69, 9.17) is 0 Å². The summed E-state index contributed by atoms with van der Waals surface area (Å²) < 4.78 is 39.3. The minimum atomic E-state index is -4.33. The first-order chi connectivity index (χ1) is 12.3. The van der Waals surface area contributed by atoms with Gasteiger partial charge in [0.2, 0.25) is 0 Å². The first-order valence-corrected chi connectivity index (χ1v) is 8.81. The van der Waals surface area contributed by atoms with Gasteiger partial charge in [0.05, 0.1) is 5.56 Å². The molecule has 7 heteroatoms. The highest BCUT2D eigenvalue weighted by molar-refractivity contribution is 5.92. The number of aromatic amines is 1. The van der Waals surface area contributed by atoms with Gasteiger partial charge in [-0.2, -0.15) is 18.3 Å². The molecular formula is C19H22F3N3O. The average Bonchev–Trinajstić information content (AvgIpc) is 3.05. The number of alkyl halides is 3. The molecule has 1 aromatic heterocycles. The van der Waals surface area contributed by atoms with Crippen molar-refractivity contribution in [1.29, 1.82) is 0 Å². The lowest BCUT2D eigenvalue weighted by molar-refractivity contribution is -0.138. The molecule has 1 aliphatic rings. The van der Waals surface area contributed by atoms with E-state index in [1.54, 1.807) is 23.1 Å². The Morgan fingerprint density at radius 1 is 1.35 bits per heavy atom. The van der Waals surface area contributed by atoms with Gasteiger partial charge in [-0.25, -0.2) is 0 Å². The first-order valence-electron chi connectivity index (χ1n) is 8.81. The van der Waals surface area contributed by atoms with Crippen molar-refractivity contribution < 1.29 is 18.0 Å². The predicted molar refractivity (Wildman–Crippen MR) is 91.7 cm³/mol. The molecule has 1 N–H and O–H groups in total. The lowest BCUT2D eigenvalue weighted by Crippen LogP contribution is -2.40. The van der Waals surface area contributed by atoms with Gasteiger partial charge in [-0.1, -0.05) is 18.2 Å². The third-order valence-corrected chi connectivity index (χ3v) is 4.88. The van der Waals surface area contributed by atoms with Crippen molar-refractivity contribution in [3.05, 3.63) is 52.8 Å². The smallest absolute Gasteiger partial charge is 0.337 e. The molecule has 4 nitrogen and oxygen atoms in total. The topological polar surface area (TPSA) is 49.0 Å². The van der Waals surface area contributed by atoms with Crippen molar-refractivity contribution in [3.63, 3.8) is 0 Å². The summed E-state index contributed by atoms with van der Waals surface area (Å²) in [5.74, 6) is 0.0868. The number of rotatable bonds is 4. The zero-order valence-electron chi connectivity index (χ0n) is 14.6. The minimum Gasteiger partial charge on any atom is -0.337 e. The van der Waals surface area contributed by atoms with E-state index in [2.05, 4.69) is 10.2 Å². The maximum Gasteiger partial charge on any atom is 0.416 e. The molecule has 2 heterocycles. The van der Waals surface area contributed by atoms with E-state index < -0.39 is 11.7 Å². The third kappa shape index (κ3) is 4.26. The fourth-order valence-corrected chi connectivity index (χ4v) is 3.55. The number of amides is 1. The lowest BCUT2D eigenvalue weighted by Gasteiger charge is -2.32. The van der Waals surface area contributed by atoms with Gasteiger partial charge >= 0.3 is 6.18 Å². The Hall–Kier alpha value is -2.31. The van der Waals surface area contributed by atoms with E-state index >= 15 is 0 Å². The number of hydrogen-bond donors (Lipinski definition) is 1. The monoisotopic (exact) mass is 365 g/mol. The summed E-state index contributed by atoms with van der Waals surface area (Å²) in [7, 11) is 0. The molecule has 0 unspecified atom stereocenters. The van der Waals surface area contributed by atoms with E-state index in [9.17, 15) is 18.0 Å². The fourth-order valence-electron chi connectivity index (χ4n) is 3.55.